The largest absolute Gasteiger partial charge is 0.332 e. The Labute approximate surface area is 102 Å². The van der Waals surface area contributed by atoms with Crippen molar-refractivity contribution in [3.8, 4) is 0 Å². The van der Waals surface area contributed by atoms with Crippen LogP contribution in [-0.2, 0) is 11.8 Å². The Bertz CT molecular complexity index is 418. The third-order valence-electron chi connectivity index (χ3n) is 3.20. The van der Waals surface area contributed by atoms with Crippen molar-refractivity contribution >= 4 is 5.91 Å². The number of nitrogens with zero attached hydrogens (tertiary/aromatic N) is 4. The number of rotatable bonds is 1. The summed E-state index contributed by atoms with van der Waals surface area (Å²) < 4.78 is 1.90. The van der Waals surface area contributed by atoms with Gasteiger partial charge in [-0.3, -0.25) is 4.79 Å². The lowest BCUT2D eigenvalue weighted by Gasteiger charge is -2.30. The summed E-state index contributed by atoms with van der Waals surface area (Å²) in [6.07, 6.45) is 3.71. The van der Waals surface area contributed by atoms with E-state index in [1.54, 1.807) is 6.33 Å². The van der Waals surface area contributed by atoms with Gasteiger partial charge >= 0.3 is 0 Å². The first-order chi connectivity index (χ1) is 7.91. The molecule has 1 aliphatic heterocycles. The molecule has 2 rings (SSSR count). The molecular weight excluding hydrogens is 216 g/mol. The summed E-state index contributed by atoms with van der Waals surface area (Å²) in [6.45, 7) is 6.71. The lowest BCUT2D eigenvalue weighted by Crippen LogP contribution is -2.39. The van der Waals surface area contributed by atoms with Crippen molar-refractivity contribution in [1.29, 1.82) is 0 Å². The second-order valence-corrected chi connectivity index (χ2v) is 5.71. The average Bonchev–Trinajstić information content (AvgIpc) is 2.82. The van der Waals surface area contributed by atoms with E-state index < -0.39 is 0 Å². The molecule has 5 nitrogen and oxygen atoms in total. The summed E-state index contributed by atoms with van der Waals surface area (Å²) in [5.74, 6) is 1.09. The minimum atomic E-state index is -0.332. The molecule has 1 fully saturated rings. The maximum absolute atomic E-state index is 12.4. The summed E-state index contributed by atoms with van der Waals surface area (Å²) in [5.41, 5.74) is -0.332. The number of carbonyl (C=O) groups excluding carboxylic acids is 1. The topological polar surface area (TPSA) is 51.0 Å². The van der Waals surface area contributed by atoms with Crippen LogP contribution in [0.4, 0.5) is 0 Å². The Morgan fingerprint density at radius 3 is 2.71 bits per heavy atom. The molecule has 0 spiro atoms. The van der Waals surface area contributed by atoms with Crippen LogP contribution in [-0.4, -0.2) is 32.1 Å². The van der Waals surface area contributed by atoms with E-state index in [0.29, 0.717) is 0 Å². The molecule has 1 aromatic heterocycles. The molecule has 0 aliphatic carbocycles. The van der Waals surface area contributed by atoms with E-state index in [0.717, 1.165) is 25.2 Å². The van der Waals surface area contributed by atoms with Crippen molar-refractivity contribution in [2.45, 2.75) is 39.7 Å². The SMILES string of the molecule is Cn1cnnc1[C@H]1CCCN1C(=O)C(C)(C)C. The molecule has 94 valence electrons. The smallest absolute Gasteiger partial charge is 0.228 e. The van der Waals surface area contributed by atoms with Crippen LogP contribution >= 0.6 is 0 Å². The van der Waals surface area contributed by atoms with Gasteiger partial charge in [0.2, 0.25) is 5.91 Å². The molecule has 0 radical (unpaired) electrons. The van der Waals surface area contributed by atoms with Crippen LogP contribution in [0.25, 0.3) is 0 Å². The summed E-state index contributed by atoms with van der Waals surface area (Å²) in [7, 11) is 1.92. The first-order valence-electron chi connectivity index (χ1n) is 6.06. The Morgan fingerprint density at radius 1 is 1.47 bits per heavy atom. The summed E-state index contributed by atoms with van der Waals surface area (Å²) in [6, 6.07) is 0.0919. The lowest BCUT2D eigenvalue weighted by molar-refractivity contribution is -0.140. The monoisotopic (exact) mass is 236 g/mol. The Balaban J connectivity index is 2.25. The molecule has 0 bridgehead atoms. The van der Waals surface area contributed by atoms with Crippen LogP contribution in [0.15, 0.2) is 6.33 Å². The fourth-order valence-corrected chi connectivity index (χ4v) is 2.30. The second-order valence-electron chi connectivity index (χ2n) is 5.71. The summed E-state index contributed by atoms with van der Waals surface area (Å²) >= 11 is 0. The number of aromatic nitrogens is 3. The minimum absolute atomic E-state index is 0.0919. The van der Waals surface area contributed by atoms with Gasteiger partial charge in [-0.1, -0.05) is 20.8 Å². The maximum atomic E-state index is 12.4. The van der Waals surface area contributed by atoms with E-state index in [9.17, 15) is 4.79 Å². The Kier molecular flexibility index (Phi) is 2.93. The lowest BCUT2D eigenvalue weighted by atomic mass is 9.94. The molecular formula is C12H20N4O. The summed E-state index contributed by atoms with van der Waals surface area (Å²) in [5, 5.41) is 8.03. The highest BCUT2D eigenvalue weighted by molar-refractivity contribution is 5.82. The number of amides is 1. The third kappa shape index (κ3) is 2.18. The molecule has 17 heavy (non-hydrogen) atoms. The summed E-state index contributed by atoms with van der Waals surface area (Å²) in [4.78, 5) is 14.3. The predicted molar refractivity (Wildman–Crippen MR) is 64.1 cm³/mol. The fraction of sp³-hybridized carbons (Fsp3) is 0.750. The van der Waals surface area contributed by atoms with E-state index in [1.807, 2.05) is 37.3 Å². The van der Waals surface area contributed by atoms with Gasteiger partial charge in [0.05, 0.1) is 6.04 Å². The number of carbonyl (C=O) groups is 1. The van der Waals surface area contributed by atoms with Crippen LogP contribution in [0.3, 0.4) is 0 Å². The average molecular weight is 236 g/mol. The Hall–Kier alpha value is -1.39. The first kappa shape index (κ1) is 12.1. The molecule has 0 aromatic carbocycles. The van der Waals surface area contributed by atoms with E-state index in [-0.39, 0.29) is 17.4 Å². The number of hydrogen-bond donors (Lipinski definition) is 0. The second kappa shape index (κ2) is 4.13. The van der Waals surface area contributed by atoms with Gasteiger partial charge in [0.25, 0.3) is 0 Å². The number of hydrogen-bond acceptors (Lipinski definition) is 3. The molecule has 2 heterocycles. The van der Waals surface area contributed by atoms with Gasteiger partial charge in [0.15, 0.2) is 5.82 Å². The molecule has 1 atom stereocenters. The normalized spacial score (nSPS) is 20.9. The van der Waals surface area contributed by atoms with Crippen LogP contribution in [0.2, 0.25) is 0 Å². The first-order valence-corrected chi connectivity index (χ1v) is 6.06. The van der Waals surface area contributed by atoms with Crippen molar-refractivity contribution in [2.24, 2.45) is 12.5 Å². The Morgan fingerprint density at radius 2 is 2.18 bits per heavy atom. The highest BCUT2D eigenvalue weighted by Crippen LogP contribution is 2.33. The van der Waals surface area contributed by atoms with Crippen molar-refractivity contribution in [1.82, 2.24) is 19.7 Å². The van der Waals surface area contributed by atoms with E-state index in [4.69, 9.17) is 0 Å². The van der Waals surface area contributed by atoms with Crippen molar-refractivity contribution in [3.63, 3.8) is 0 Å². The van der Waals surface area contributed by atoms with Crippen LogP contribution < -0.4 is 0 Å². The van der Waals surface area contributed by atoms with Crippen molar-refractivity contribution < 1.29 is 4.79 Å². The zero-order chi connectivity index (χ0) is 12.6. The predicted octanol–water partition coefficient (Wildman–Crippen LogP) is 1.52. The van der Waals surface area contributed by atoms with Gasteiger partial charge < -0.3 is 9.47 Å². The number of aryl methyl sites for hydroxylation is 1. The van der Waals surface area contributed by atoms with Gasteiger partial charge in [-0.05, 0) is 12.8 Å². The third-order valence-corrected chi connectivity index (χ3v) is 3.20. The maximum Gasteiger partial charge on any atom is 0.228 e. The molecule has 1 aromatic rings. The van der Waals surface area contributed by atoms with E-state index in [1.165, 1.54) is 0 Å². The van der Waals surface area contributed by atoms with Gasteiger partial charge in [0, 0.05) is 19.0 Å². The standard InChI is InChI=1S/C12H20N4O/c1-12(2,3)11(17)16-7-5-6-9(16)10-14-13-8-15(10)4/h8-9H,5-7H2,1-4H3/t9-/m1/s1. The molecule has 5 heteroatoms. The molecule has 0 N–H and O–H groups in total. The zero-order valence-corrected chi connectivity index (χ0v) is 11.0. The van der Waals surface area contributed by atoms with Crippen LogP contribution in [0, 0.1) is 5.41 Å². The quantitative estimate of drug-likeness (QED) is 0.743. The highest BCUT2D eigenvalue weighted by Gasteiger charge is 2.37. The van der Waals surface area contributed by atoms with Crippen LogP contribution in [0.5, 0.6) is 0 Å². The number of likely N-dealkylation sites (tertiary alicyclic amines) is 1. The zero-order valence-electron chi connectivity index (χ0n) is 11.0. The van der Waals surface area contributed by atoms with Crippen molar-refractivity contribution in [3.05, 3.63) is 12.2 Å². The fourth-order valence-electron chi connectivity index (χ4n) is 2.30. The highest BCUT2D eigenvalue weighted by atomic mass is 16.2. The van der Waals surface area contributed by atoms with Gasteiger partial charge in [0.1, 0.15) is 6.33 Å². The van der Waals surface area contributed by atoms with Gasteiger partial charge in [-0.15, -0.1) is 10.2 Å². The molecule has 1 saturated heterocycles. The van der Waals surface area contributed by atoms with E-state index in [2.05, 4.69) is 10.2 Å². The van der Waals surface area contributed by atoms with Gasteiger partial charge in [-0.2, -0.15) is 0 Å². The molecule has 1 aliphatic rings. The molecule has 0 unspecified atom stereocenters. The molecule has 1 amide bonds. The van der Waals surface area contributed by atoms with E-state index >= 15 is 0 Å². The van der Waals surface area contributed by atoms with Crippen LogP contribution in [0.1, 0.15) is 45.5 Å². The van der Waals surface area contributed by atoms with Gasteiger partial charge in [-0.25, -0.2) is 0 Å². The molecule has 0 saturated carbocycles. The van der Waals surface area contributed by atoms with Crippen molar-refractivity contribution in [2.75, 3.05) is 6.54 Å². The minimum Gasteiger partial charge on any atom is -0.332 e.